The van der Waals surface area contributed by atoms with Crippen LogP contribution in [0, 0.1) is 5.82 Å². The Morgan fingerprint density at radius 2 is 1.62 bits per heavy atom. The van der Waals surface area contributed by atoms with Gasteiger partial charge in [0.05, 0.1) is 14.2 Å². The number of rotatable bonds is 9. The summed E-state index contributed by atoms with van der Waals surface area (Å²) in [5.74, 6) is -0.121. The normalized spacial score (nSPS) is 12.4. The Balaban J connectivity index is 1.84. The minimum atomic E-state index is -1.01. The first-order chi connectivity index (χ1) is 13.8. The molecule has 0 radical (unpaired) electrons. The number of ether oxygens (including phenoxy) is 4. The molecule has 1 N–H and O–H groups in total. The standard InChI is InChI=1S/C21H24FNO6/c1-13(29-21(25)14(2)28-17-8-6-16(22)7-9-17)20(24)23-12-15-5-10-18(26-3)19(11-15)27-4/h5-11,13-14H,12H2,1-4H3,(H,23,24)/t13-,14+/m0/s1. The molecule has 29 heavy (non-hydrogen) atoms. The van der Waals surface area contributed by atoms with Gasteiger partial charge in [-0.15, -0.1) is 0 Å². The molecule has 156 valence electrons. The van der Waals surface area contributed by atoms with Gasteiger partial charge in [0, 0.05) is 6.54 Å². The quantitative estimate of drug-likeness (QED) is 0.646. The molecule has 0 fully saturated rings. The summed E-state index contributed by atoms with van der Waals surface area (Å²) in [6.07, 6.45) is -1.97. The van der Waals surface area contributed by atoms with Gasteiger partial charge in [-0.2, -0.15) is 0 Å². The van der Waals surface area contributed by atoms with Gasteiger partial charge < -0.3 is 24.3 Å². The van der Waals surface area contributed by atoms with Gasteiger partial charge in [0.1, 0.15) is 11.6 Å². The molecule has 8 heteroatoms. The van der Waals surface area contributed by atoms with Crippen molar-refractivity contribution in [1.29, 1.82) is 0 Å². The molecule has 0 aliphatic heterocycles. The van der Waals surface area contributed by atoms with Gasteiger partial charge in [0.25, 0.3) is 5.91 Å². The highest BCUT2D eigenvalue weighted by Crippen LogP contribution is 2.27. The van der Waals surface area contributed by atoms with E-state index >= 15 is 0 Å². The van der Waals surface area contributed by atoms with E-state index in [-0.39, 0.29) is 6.54 Å². The van der Waals surface area contributed by atoms with Crippen LogP contribution in [0.15, 0.2) is 42.5 Å². The molecule has 0 aliphatic carbocycles. The summed E-state index contributed by atoms with van der Waals surface area (Å²) in [5.41, 5.74) is 0.794. The molecule has 0 bridgehead atoms. The van der Waals surface area contributed by atoms with Crippen molar-refractivity contribution in [1.82, 2.24) is 5.32 Å². The van der Waals surface area contributed by atoms with E-state index in [0.29, 0.717) is 17.2 Å². The molecule has 2 rings (SSSR count). The fraction of sp³-hybridized carbons (Fsp3) is 0.333. The molecule has 0 saturated carbocycles. The van der Waals surface area contributed by atoms with Crippen LogP contribution < -0.4 is 19.5 Å². The van der Waals surface area contributed by atoms with Gasteiger partial charge in [0.2, 0.25) is 0 Å². The van der Waals surface area contributed by atoms with Gasteiger partial charge in [0.15, 0.2) is 23.7 Å². The summed E-state index contributed by atoms with van der Waals surface area (Å²) >= 11 is 0. The lowest BCUT2D eigenvalue weighted by molar-refractivity contribution is -0.160. The van der Waals surface area contributed by atoms with Crippen LogP contribution in [-0.4, -0.2) is 38.3 Å². The number of nitrogens with one attached hydrogen (secondary N) is 1. The fourth-order valence-electron chi connectivity index (χ4n) is 2.41. The summed E-state index contributed by atoms with van der Waals surface area (Å²) in [4.78, 5) is 24.3. The Hall–Kier alpha value is -3.29. The fourth-order valence-corrected chi connectivity index (χ4v) is 2.41. The molecule has 0 saturated heterocycles. The highest BCUT2D eigenvalue weighted by Gasteiger charge is 2.23. The largest absolute Gasteiger partial charge is 0.493 e. The van der Waals surface area contributed by atoms with Gasteiger partial charge in [-0.3, -0.25) is 4.79 Å². The lowest BCUT2D eigenvalue weighted by atomic mass is 10.2. The van der Waals surface area contributed by atoms with E-state index in [1.54, 1.807) is 18.2 Å². The lowest BCUT2D eigenvalue weighted by Gasteiger charge is -2.18. The molecule has 2 aromatic rings. The molecule has 0 aromatic heterocycles. The van der Waals surface area contributed by atoms with Crippen molar-refractivity contribution in [3.63, 3.8) is 0 Å². The number of hydrogen-bond acceptors (Lipinski definition) is 6. The van der Waals surface area contributed by atoms with Gasteiger partial charge in [-0.25, -0.2) is 9.18 Å². The molecule has 2 aromatic carbocycles. The summed E-state index contributed by atoms with van der Waals surface area (Å²) in [7, 11) is 3.06. The number of methoxy groups -OCH3 is 2. The van der Waals surface area contributed by atoms with Crippen LogP contribution in [0.3, 0.4) is 0 Å². The maximum absolute atomic E-state index is 12.9. The zero-order chi connectivity index (χ0) is 21.4. The number of esters is 1. The average Bonchev–Trinajstić information content (AvgIpc) is 2.73. The van der Waals surface area contributed by atoms with Crippen molar-refractivity contribution in [3.05, 3.63) is 53.8 Å². The van der Waals surface area contributed by atoms with Crippen molar-refractivity contribution >= 4 is 11.9 Å². The smallest absolute Gasteiger partial charge is 0.347 e. The van der Waals surface area contributed by atoms with E-state index in [2.05, 4.69) is 5.32 Å². The van der Waals surface area contributed by atoms with Gasteiger partial charge >= 0.3 is 5.97 Å². The van der Waals surface area contributed by atoms with E-state index in [1.165, 1.54) is 52.3 Å². The third kappa shape index (κ3) is 6.38. The molecule has 2 atom stereocenters. The number of halogens is 1. The monoisotopic (exact) mass is 405 g/mol. The van der Waals surface area contributed by atoms with E-state index < -0.39 is 29.9 Å². The minimum absolute atomic E-state index is 0.225. The van der Waals surface area contributed by atoms with Crippen LogP contribution >= 0.6 is 0 Å². The maximum Gasteiger partial charge on any atom is 0.347 e. The third-order valence-electron chi connectivity index (χ3n) is 4.04. The Kier molecular flexibility index (Phi) is 7.82. The zero-order valence-electron chi connectivity index (χ0n) is 16.7. The topological polar surface area (TPSA) is 83.1 Å². The highest BCUT2D eigenvalue weighted by molar-refractivity contribution is 5.84. The molecular weight excluding hydrogens is 381 g/mol. The Morgan fingerprint density at radius 1 is 0.966 bits per heavy atom. The molecule has 0 heterocycles. The second-order valence-electron chi connectivity index (χ2n) is 6.20. The number of benzene rings is 2. The van der Waals surface area contributed by atoms with Gasteiger partial charge in [-0.05, 0) is 55.8 Å². The number of carbonyl (C=O) groups excluding carboxylic acids is 2. The van der Waals surface area contributed by atoms with Crippen molar-refractivity contribution < 1.29 is 32.9 Å². The lowest BCUT2D eigenvalue weighted by Crippen LogP contribution is -2.38. The molecule has 1 amide bonds. The van der Waals surface area contributed by atoms with E-state index in [0.717, 1.165) is 5.56 Å². The van der Waals surface area contributed by atoms with Crippen molar-refractivity contribution in [3.8, 4) is 17.2 Å². The number of hydrogen-bond donors (Lipinski definition) is 1. The van der Waals surface area contributed by atoms with Crippen LogP contribution in [-0.2, 0) is 20.9 Å². The maximum atomic E-state index is 12.9. The first kappa shape index (κ1) is 22.0. The van der Waals surface area contributed by atoms with Crippen LogP contribution in [0.25, 0.3) is 0 Å². The van der Waals surface area contributed by atoms with Crippen LogP contribution in [0.2, 0.25) is 0 Å². The number of amides is 1. The average molecular weight is 405 g/mol. The first-order valence-electron chi connectivity index (χ1n) is 8.95. The Bertz CT molecular complexity index is 840. The van der Waals surface area contributed by atoms with Crippen LogP contribution in [0.1, 0.15) is 19.4 Å². The molecule has 0 unspecified atom stereocenters. The van der Waals surface area contributed by atoms with E-state index in [9.17, 15) is 14.0 Å². The molecule has 0 spiro atoms. The summed E-state index contributed by atoms with van der Waals surface area (Å²) < 4.78 is 33.8. The second kappa shape index (κ2) is 10.3. The molecular formula is C21H24FNO6. The third-order valence-corrected chi connectivity index (χ3v) is 4.04. The predicted octanol–water partition coefficient (Wildman–Crippen LogP) is 2.86. The van der Waals surface area contributed by atoms with Crippen LogP contribution in [0.4, 0.5) is 4.39 Å². The van der Waals surface area contributed by atoms with Crippen molar-refractivity contribution in [2.45, 2.75) is 32.6 Å². The Morgan fingerprint density at radius 3 is 2.24 bits per heavy atom. The first-order valence-corrected chi connectivity index (χ1v) is 8.95. The van der Waals surface area contributed by atoms with E-state index in [1.807, 2.05) is 0 Å². The van der Waals surface area contributed by atoms with Crippen LogP contribution in [0.5, 0.6) is 17.2 Å². The van der Waals surface area contributed by atoms with Crippen molar-refractivity contribution in [2.75, 3.05) is 14.2 Å². The Labute approximate surface area is 168 Å². The van der Waals surface area contributed by atoms with Gasteiger partial charge in [-0.1, -0.05) is 6.07 Å². The van der Waals surface area contributed by atoms with Crippen molar-refractivity contribution in [2.24, 2.45) is 0 Å². The van der Waals surface area contributed by atoms with E-state index in [4.69, 9.17) is 18.9 Å². The number of carbonyl (C=O) groups is 2. The zero-order valence-corrected chi connectivity index (χ0v) is 16.7. The SMILES string of the molecule is COc1ccc(CNC(=O)[C@H](C)OC(=O)[C@@H](C)Oc2ccc(F)cc2)cc1OC. The summed E-state index contributed by atoms with van der Waals surface area (Å²) in [6, 6.07) is 10.5. The highest BCUT2D eigenvalue weighted by atomic mass is 19.1. The second-order valence-corrected chi connectivity index (χ2v) is 6.20. The minimum Gasteiger partial charge on any atom is -0.493 e. The summed E-state index contributed by atoms with van der Waals surface area (Å²) in [6.45, 7) is 3.18. The predicted molar refractivity (Wildman–Crippen MR) is 103 cm³/mol. The summed E-state index contributed by atoms with van der Waals surface area (Å²) in [5, 5.41) is 2.69. The molecule has 7 nitrogen and oxygen atoms in total. The molecule has 0 aliphatic rings.